The fourth-order valence-corrected chi connectivity index (χ4v) is 4.85. The third-order valence-corrected chi connectivity index (χ3v) is 6.54. The van der Waals surface area contributed by atoms with E-state index in [1.165, 1.54) is 18.1 Å². The van der Waals surface area contributed by atoms with Gasteiger partial charge in [0.2, 0.25) is 0 Å². The van der Waals surface area contributed by atoms with Crippen LogP contribution in [0, 0.1) is 5.92 Å². The Labute approximate surface area is 173 Å². The van der Waals surface area contributed by atoms with Crippen molar-refractivity contribution in [3.63, 3.8) is 0 Å². The van der Waals surface area contributed by atoms with Gasteiger partial charge in [0.05, 0.1) is 12.2 Å². The molecule has 4 N–H and O–H groups in total. The quantitative estimate of drug-likeness (QED) is 0.653. The van der Waals surface area contributed by atoms with Gasteiger partial charge in [0.1, 0.15) is 0 Å². The topological polar surface area (TPSA) is 79.0 Å². The number of hydrogen-bond donors (Lipinski definition) is 3. The number of aromatic hydroxyl groups is 2. The number of aryl methyl sites for hydroxylation is 1. The largest absolute Gasteiger partial charge is 0.504 e. The molecule has 2 aromatic carbocycles. The van der Waals surface area contributed by atoms with Crippen LogP contribution in [0.2, 0.25) is 0 Å². The SMILES string of the molecule is NC[C@H]1O[C@@H](C2CCN(CCCc3ccccc3)CC2)Cc2c1ccc(O)c2O. The molecule has 2 heterocycles. The first kappa shape index (κ1) is 20.2. The molecule has 5 nitrogen and oxygen atoms in total. The van der Waals surface area contributed by atoms with Crippen LogP contribution in [-0.2, 0) is 17.6 Å². The number of rotatable bonds is 6. The van der Waals surface area contributed by atoms with Crippen LogP contribution in [0.15, 0.2) is 42.5 Å². The van der Waals surface area contributed by atoms with Crippen molar-refractivity contribution in [2.24, 2.45) is 11.7 Å². The van der Waals surface area contributed by atoms with E-state index in [1.54, 1.807) is 0 Å². The van der Waals surface area contributed by atoms with E-state index in [-0.39, 0.29) is 23.7 Å². The summed E-state index contributed by atoms with van der Waals surface area (Å²) in [5, 5.41) is 20.3. The molecule has 0 aliphatic carbocycles. The van der Waals surface area contributed by atoms with Gasteiger partial charge in [-0.3, -0.25) is 0 Å². The molecule has 156 valence electrons. The van der Waals surface area contributed by atoms with Crippen LogP contribution in [0.5, 0.6) is 11.5 Å². The van der Waals surface area contributed by atoms with Crippen LogP contribution in [0.4, 0.5) is 0 Å². The van der Waals surface area contributed by atoms with Crippen LogP contribution in [0.25, 0.3) is 0 Å². The van der Waals surface area contributed by atoms with Crippen LogP contribution < -0.4 is 5.73 Å². The van der Waals surface area contributed by atoms with Crippen molar-refractivity contribution < 1.29 is 14.9 Å². The Morgan fingerprint density at radius 3 is 2.52 bits per heavy atom. The summed E-state index contributed by atoms with van der Waals surface area (Å²) in [5.74, 6) is 0.394. The number of phenolic OH excluding ortho intramolecular Hbond substituents is 2. The lowest BCUT2D eigenvalue weighted by Crippen LogP contribution is -2.42. The molecule has 0 spiro atoms. The molecular weight excluding hydrogens is 364 g/mol. The maximum absolute atomic E-state index is 10.4. The van der Waals surface area contributed by atoms with E-state index >= 15 is 0 Å². The molecular formula is C24H32N2O3. The second-order valence-electron chi connectivity index (χ2n) is 8.37. The lowest BCUT2D eigenvalue weighted by Gasteiger charge is -2.40. The minimum Gasteiger partial charge on any atom is -0.504 e. The molecule has 2 aromatic rings. The van der Waals surface area contributed by atoms with E-state index in [9.17, 15) is 10.2 Å². The van der Waals surface area contributed by atoms with Gasteiger partial charge in [0, 0.05) is 18.5 Å². The molecule has 1 fully saturated rings. The van der Waals surface area contributed by atoms with Crippen LogP contribution in [0.1, 0.15) is 42.1 Å². The number of likely N-dealkylation sites (tertiary alicyclic amines) is 1. The zero-order valence-corrected chi connectivity index (χ0v) is 17.0. The average molecular weight is 397 g/mol. The summed E-state index contributed by atoms with van der Waals surface area (Å²) < 4.78 is 6.33. The third kappa shape index (κ3) is 4.58. The molecule has 1 saturated heterocycles. The summed E-state index contributed by atoms with van der Waals surface area (Å²) in [7, 11) is 0. The molecule has 0 amide bonds. The van der Waals surface area contributed by atoms with E-state index in [0.29, 0.717) is 18.9 Å². The highest BCUT2D eigenvalue weighted by Crippen LogP contribution is 2.42. The molecule has 5 heteroatoms. The summed E-state index contributed by atoms with van der Waals surface area (Å²) in [4.78, 5) is 2.56. The maximum Gasteiger partial charge on any atom is 0.161 e. The second-order valence-corrected chi connectivity index (χ2v) is 8.37. The highest BCUT2D eigenvalue weighted by atomic mass is 16.5. The number of fused-ring (bicyclic) bond motifs is 1. The van der Waals surface area contributed by atoms with Gasteiger partial charge in [0.15, 0.2) is 11.5 Å². The fraction of sp³-hybridized carbons (Fsp3) is 0.500. The van der Waals surface area contributed by atoms with Crippen LogP contribution in [-0.4, -0.2) is 47.4 Å². The summed E-state index contributed by atoms with van der Waals surface area (Å²) in [5.41, 5.74) is 9.08. The van der Waals surface area contributed by atoms with Gasteiger partial charge in [-0.1, -0.05) is 36.4 Å². The van der Waals surface area contributed by atoms with Crippen molar-refractivity contribution in [1.29, 1.82) is 0 Å². The minimum atomic E-state index is -0.209. The highest BCUT2D eigenvalue weighted by molar-refractivity contribution is 5.51. The van der Waals surface area contributed by atoms with E-state index in [1.807, 2.05) is 6.07 Å². The number of nitrogens with two attached hydrogens (primary N) is 1. The van der Waals surface area contributed by atoms with Crippen LogP contribution in [0.3, 0.4) is 0 Å². The Morgan fingerprint density at radius 2 is 1.79 bits per heavy atom. The summed E-state index contributed by atoms with van der Waals surface area (Å²) in [6.45, 7) is 3.69. The van der Waals surface area contributed by atoms with Crippen molar-refractivity contribution in [3.8, 4) is 11.5 Å². The molecule has 2 atom stereocenters. The van der Waals surface area contributed by atoms with Crippen LogP contribution >= 0.6 is 0 Å². The smallest absolute Gasteiger partial charge is 0.161 e. The normalized spacial score (nSPS) is 23.1. The Balaban J connectivity index is 1.31. The Hall–Kier alpha value is -2.08. The van der Waals surface area contributed by atoms with E-state index in [2.05, 4.69) is 35.2 Å². The first-order valence-electron chi connectivity index (χ1n) is 10.8. The predicted molar refractivity (Wildman–Crippen MR) is 114 cm³/mol. The molecule has 2 aliphatic rings. The van der Waals surface area contributed by atoms with Crippen molar-refractivity contribution in [1.82, 2.24) is 4.90 Å². The number of ether oxygens (including phenoxy) is 1. The number of nitrogens with zero attached hydrogens (tertiary/aromatic N) is 1. The van der Waals surface area contributed by atoms with E-state index < -0.39 is 0 Å². The standard InChI is InChI=1S/C24H32N2O3/c25-16-23-19-8-9-21(27)24(28)20(19)15-22(29-23)18-10-13-26(14-11-18)12-4-7-17-5-2-1-3-6-17/h1-3,5-6,8-9,18,22-23,27-28H,4,7,10-16,25H2/t22-,23-/m1/s1. The molecule has 0 aromatic heterocycles. The second kappa shape index (κ2) is 9.16. The van der Waals surface area contributed by atoms with Gasteiger partial charge in [-0.2, -0.15) is 0 Å². The lowest BCUT2D eigenvalue weighted by molar-refractivity contribution is -0.0647. The first-order chi connectivity index (χ1) is 14.2. The van der Waals surface area contributed by atoms with Crippen molar-refractivity contribution >= 4 is 0 Å². The fourth-order valence-electron chi connectivity index (χ4n) is 4.85. The zero-order chi connectivity index (χ0) is 20.2. The molecule has 0 radical (unpaired) electrons. The van der Waals surface area contributed by atoms with Crippen molar-refractivity contribution in [2.45, 2.75) is 44.3 Å². The predicted octanol–water partition coefficient (Wildman–Crippen LogP) is 3.38. The molecule has 0 saturated carbocycles. The van der Waals surface area contributed by atoms with Crippen molar-refractivity contribution in [2.75, 3.05) is 26.2 Å². The third-order valence-electron chi connectivity index (χ3n) is 6.54. The van der Waals surface area contributed by atoms with E-state index in [4.69, 9.17) is 10.5 Å². The average Bonchev–Trinajstić information content (AvgIpc) is 2.77. The molecule has 4 rings (SSSR count). The summed E-state index contributed by atoms with van der Waals surface area (Å²) >= 11 is 0. The molecule has 2 aliphatic heterocycles. The van der Waals surface area contributed by atoms with Crippen molar-refractivity contribution in [3.05, 3.63) is 59.2 Å². The summed E-state index contributed by atoms with van der Waals surface area (Å²) in [6, 6.07) is 14.0. The monoisotopic (exact) mass is 396 g/mol. The first-order valence-corrected chi connectivity index (χ1v) is 10.8. The number of piperidine rings is 1. The summed E-state index contributed by atoms with van der Waals surface area (Å²) in [6.07, 6.45) is 5.00. The number of benzene rings is 2. The van der Waals surface area contributed by atoms with Gasteiger partial charge in [-0.05, 0) is 68.4 Å². The lowest BCUT2D eigenvalue weighted by atomic mass is 9.83. The van der Waals surface area contributed by atoms with Gasteiger partial charge in [0.25, 0.3) is 0 Å². The Bertz CT molecular complexity index is 803. The Morgan fingerprint density at radius 1 is 1.03 bits per heavy atom. The van der Waals surface area contributed by atoms with Gasteiger partial charge >= 0.3 is 0 Å². The minimum absolute atomic E-state index is 0.00685. The maximum atomic E-state index is 10.4. The van der Waals surface area contributed by atoms with Gasteiger partial charge < -0.3 is 25.6 Å². The molecule has 0 bridgehead atoms. The highest BCUT2D eigenvalue weighted by Gasteiger charge is 2.35. The van der Waals surface area contributed by atoms with Gasteiger partial charge in [-0.25, -0.2) is 0 Å². The Kier molecular flexibility index (Phi) is 6.38. The van der Waals surface area contributed by atoms with E-state index in [0.717, 1.165) is 50.0 Å². The van der Waals surface area contributed by atoms with Gasteiger partial charge in [-0.15, -0.1) is 0 Å². The molecule has 29 heavy (non-hydrogen) atoms. The number of hydrogen-bond acceptors (Lipinski definition) is 5. The zero-order valence-electron chi connectivity index (χ0n) is 17.0. The number of phenols is 2. The molecule has 0 unspecified atom stereocenters.